The molecule has 2 heterocycles. The molecule has 0 unspecified atom stereocenters. The summed E-state index contributed by atoms with van der Waals surface area (Å²) in [6.07, 6.45) is 7.46. The molecule has 2 saturated heterocycles. The number of hydrogen-bond acceptors (Lipinski definition) is 4. The van der Waals surface area contributed by atoms with Crippen LogP contribution in [-0.4, -0.2) is 73.7 Å². The first-order valence-electron chi connectivity index (χ1n) is 10.7. The molecule has 0 bridgehead atoms. The predicted molar refractivity (Wildman–Crippen MR) is 108 cm³/mol. The van der Waals surface area contributed by atoms with Crippen LogP contribution in [0.4, 0.5) is 4.39 Å². The van der Waals surface area contributed by atoms with Crippen LogP contribution in [0.2, 0.25) is 0 Å². The van der Waals surface area contributed by atoms with Gasteiger partial charge in [-0.25, -0.2) is 12.8 Å². The number of amides is 1. The topological polar surface area (TPSA) is 60.9 Å². The van der Waals surface area contributed by atoms with E-state index in [1.807, 2.05) is 0 Å². The average molecular weight is 424 g/mol. The van der Waals surface area contributed by atoms with Crippen LogP contribution in [0, 0.1) is 11.7 Å². The van der Waals surface area contributed by atoms with Crippen molar-refractivity contribution >= 4 is 15.9 Å². The van der Waals surface area contributed by atoms with Crippen LogP contribution in [0.3, 0.4) is 0 Å². The molecule has 0 spiro atoms. The maximum absolute atomic E-state index is 14.0. The number of benzene rings is 1. The SMILES string of the molecule is O=C(CN1CCC[C@@H]2CCCC[C@@H]21)N1CCN(S(=O)(=O)c2ccccc2F)CC1. The fraction of sp³-hybridized carbons (Fsp3) is 0.667. The lowest BCUT2D eigenvalue weighted by molar-refractivity contribution is -0.135. The van der Waals surface area contributed by atoms with E-state index in [-0.39, 0.29) is 23.9 Å². The van der Waals surface area contributed by atoms with Crippen molar-refractivity contribution in [2.45, 2.75) is 49.5 Å². The van der Waals surface area contributed by atoms with Crippen molar-refractivity contribution in [3.63, 3.8) is 0 Å². The number of piperazine rings is 1. The highest BCUT2D eigenvalue weighted by Gasteiger charge is 2.36. The highest BCUT2D eigenvalue weighted by Crippen LogP contribution is 2.35. The molecule has 0 N–H and O–H groups in total. The highest BCUT2D eigenvalue weighted by atomic mass is 32.2. The third-order valence-electron chi connectivity index (χ3n) is 6.74. The number of nitrogens with zero attached hydrogens (tertiary/aromatic N) is 3. The summed E-state index contributed by atoms with van der Waals surface area (Å²) in [5.41, 5.74) is 0. The fourth-order valence-corrected chi connectivity index (χ4v) is 6.66. The van der Waals surface area contributed by atoms with E-state index in [1.54, 1.807) is 4.90 Å². The summed E-state index contributed by atoms with van der Waals surface area (Å²) >= 11 is 0. The van der Waals surface area contributed by atoms with Gasteiger partial charge < -0.3 is 4.90 Å². The number of carbonyl (C=O) groups is 1. The number of rotatable bonds is 4. The molecular weight excluding hydrogens is 393 g/mol. The largest absolute Gasteiger partial charge is 0.339 e. The molecule has 29 heavy (non-hydrogen) atoms. The van der Waals surface area contributed by atoms with Crippen molar-refractivity contribution in [3.8, 4) is 0 Å². The van der Waals surface area contributed by atoms with E-state index in [0.29, 0.717) is 25.7 Å². The summed E-state index contributed by atoms with van der Waals surface area (Å²) < 4.78 is 40.7. The van der Waals surface area contributed by atoms with E-state index in [4.69, 9.17) is 0 Å². The van der Waals surface area contributed by atoms with Crippen molar-refractivity contribution in [3.05, 3.63) is 30.1 Å². The average Bonchev–Trinajstić information content (AvgIpc) is 2.74. The Morgan fingerprint density at radius 2 is 1.66 bits per heavy atom. The molecule has 1 aliphatic carbocycles. The second-order valence-electron chi connectivity index (χ2n) is 8.44. The van der Waals surface area contributed by atoms with Crippen molar-refractivity contribution < 1.29 is 17.6 Å². The summed E-state index contributed by atoms with van der Waals surface area (Å²) in [6.45, 7) is 2.53. The molecule has 2 aliphatic heterocycles. The quantitative estimate of drug-likeness (QED) is 0.746. The predicted octanol–water partition coefficient (Wildman–Crippen LogP) is 2.31. The number of halogens is 1. The smallest absolute Gasteiger partial charge is 0.246 e. The second-order valence-corrected chi connectivity index (χ2v) is 10.3. The van der Waals surface area contributed by atoms with Gasteiger partial charge in [0.15, 0.2) is 0 Å². The Labute approximate surface area is 172 Å². The van der Waals surface area contributed by atoms with Gasteiger partial charge >= 0.3 is 0 Å². The molecule has 3 aliphatic rings. The first-order valence-corrected chi connectivity index (χ1v) is 12.2. The Bertz CT molecular complexity index is 837. The number of carbonyl (C=O) groups excluding carboxylic acids is 1. The van der Waals surface area contributed by atoms with Gasteiger partial charge in [0.2, 0.25) is 15.9 Å². The minimum Gasteiger partial charge on any atom is -0.339 e. The third kappa shape index (κ3) is 4.34. The van der Waals surface area contributed by atoms with Gasteiger partial charge in [0.1, 0.15) is 10.7 Å². The Kier molecular flexibility index (Phi) is 6.22. The van der Waals surface area contributed by atoms with Crippen LogP contribution in [0.5, 0.6) is 0 Å². The zero-order valence-corrected chi connectivity index (χ0v) is 17.6. The molecule has 8 heteroatoms. The Morgan fingerprint density at radius 1 is 0.966 bits per heavy atom. The van der Waals surface area contributed by atoms with Gasteiger partial charge in [-0.2, -0.15) is 4.31 Å². The molecule has 160 valence electrons. The van der Waals surface area contributed by atoms with Crippen molar-refractivity contribution in [2.24, 2.45) is 5.92 Å². The molecule has 0 radical (unpaired) electrons. The van der Waals surface area contributed by atoms with Crippen molar-refractivity contribution in [2.75, 3.05) is 39.3 Å². The van der Waals surface area contributed by atoms with E-state index in [2.05, 4.69) is 4.90 Å². The molecule has 2 atom stereocenters. The van der Waals surface area contributed by atoms with Crippen LogP contribution in [0.1, 0.15) is 38.5 Å². The number of likely N-dealkylation sites (tertiary alicyclic amines) is 1. The summed E-state index contributed by atoms with van der Waals surface area (Å²) in [6, 6.07) is 5.97. The molecular formula is C21H30FN3O3S. The minimum absolute atomic E-state index is 0.0826. The van der Waals surface area contributed by atoms with Gasteiger partial charge in [-0.1, -0.05) is 25.0 Å². The zero-order valence-electron chi connectivity index (χ0n) is 16.8. The first kappa shape index (κ1) is 20.8. The van der Waals surface area contributed by atoms with Crippen LogP contribution >= 0.6 is 0 Å². The Morgan fingerprint density at radius 3 is 2.41 bits per heavy atom. The van der Waals surface area contributed by atoms with Crippen molar-refractivity contribution in [1.29, 1.82) is 0 Å². The molecule has 1 amide bonds. The Balaban J connectivity index is 1.34. The lowest BCUT2D eigenvalue weighted by atomic mass is 9.78. The number of piperidine rings is 1. The molecule has 0 aromatic heterocycles. The van der Waals surface area contributed by atoms with Gasteiger partial charge in [0.25, 0.3) is 0 Å². The Hall–Kier alpha value is -1.51. The van der Waals surface area contributed by atoms with E-state index in [1.165, 1.54) is 54.6 Å². The van der Waals surface area contributed by atoms with Gasteiger partial charge in [-0.05, 0) is 50.3 Å². The number of hydrogen-bond donors (Lipinski definition) is 0. The van der Waals surface area contributed by atoms with E-state index in [9.17, 15) is 17.6 Å². The summed E-state index contributed by atoms with van der Waals surface area (Å²) in [7, 11) is -3.87. The van der Waals surface area contributed by atoms with Gasteiger partial charge in [-0.15, -0.1) is 0 Å². The molecule has 1 saturated carbocycles. The third-order valence-corrected chi connectivity index (χ3v) is 8.67. The van der Waals surface area contributed by atoms with Gasteiger partial charge in [0.05, 0.1) is 6.54 Å². The van der Waals surface area contributed by atoms with E-state index < -0.39 is 15.8 Å². The van der Waals surface area contributed by atoms with E-state index >= 15 is 0 Å². The summed E-state index contributed by atoms with van der Waals surface area (Å²) in [5, 5.41) is 0. The lowest BCUT2D eigenvalue weighted by Gasteiger charge is -2.44. The maximum Gasteiger partial charge on any atom is 0.246 e. The fourth-order valence-electron chi connectivity index (χ4n) is 5.17. The number of sulfonamides is 1. The van der Waals surface area contributed by atoms with Crippen molar-refractivity contribution in [1.82, 2.24) is 14.1 Å². The maximum atomic E-state index is 14.0. The van der Waals surface area contributed by atoms with Crippen LogP contribution in [0.25, 0.3) is 0 Å². The standard InChI is InChI=1S/C21H30FN3O3S/c22-18-8-2-4-10-20(18)29(27,28)25-14-12-23(13-15-25)21(26)16-24-11-5-7-17-6-1-3-9-19(17)24/h2,4,8,10,17,19H,1,3,5-7,9,11-16H2/t17-,19-/m0/s1. The summed E-state index contributed by atoms with van der Waals surface area (Å²) in [5.74, 6) is 0.0744. The molecule has 6 nitrogen and oxygen atoms in total. The van der Waals surface area contributed by atoms with Crippen LogP contribution in [-0.2, 0) is 14.8 Å². The second kappa shape index (κ2) is 8.70. The normalized spacial score (nSPS) is 26.9. The highest BCUT2D eigenvalue weighted by molar-refractivity contribution is 7.89. The molecule has 4 rings (SSSR count). The summed E-state index contributed by atoms with van der Waals surface area (Å²) in [4.78, 5) is 16.7. The lowest BCUT2D eigenvalue weighted by Crippen LogP contribution is -2.55. The zero-order chi connectivity index (χ0) is 20.4. The van der Waals surface area contributed by atoms with Gasteiger partial charge in [0, 0.05) is 32.2 Å². The molecule has 3 fully saturated rings. The molecule has 1 aromatic rings. The number of fused-ring (bicyclic) bond motifs is 1. The van der Waals surface area contributed by atoms with E-state index in [0.717, 1.165) is 24.9 Å². The molecule has 1 aromatic carbocycles. The monoisotopic (exact) mass is 423 g/mol. The first-order chi connectivity index (χ1) is 14.0. The van der Waals surface area contributed by atoms with Crippen LogP contribution in [0.15, 0.2) is 29.2 Å². The van der Waals surface area contributed by atoms with Gasteiger partial charge in [-0.3, -0.25) is 9.69 Å². The van der Waals surface area contributed by atoms with Crippen LogP contribution < -0.4 is 0 Å². The minimum atomic E-state index is -3.87.